The Balaban J connectivity index is 1.82. The summed E-state index contributed by atoms with van der Waals surface area (Å²) >= 11 is 0. The van der Waals surface area contributed by atoms with E-state index in [0.717, 1.165) is 42.5 Å². The fourth-order valence-corrected chi connectivity index (χ4v) is 2.50. The summed E-state index contributed by atoms with van der Waals surface area (Å²) in [6, 6.07) is 20.6. The Morgan fingerprint density at radius 3 is 2.20 bits per heavy atom. The molecule has 0 aliphatic rings. The van der Waals surface area contributed by atoms with Crippen LogP contribution in [-0.2, 0) is 6.54 Å². The van der Waals surface area contributed by atoms with E-state index in [9.17, 15) is 0 Å². The van der Waals surface area contributed by atoms with Crippen LogP contribution in [0.2, 0.25) is 0 Å². The van der Waals surface area contributed by atoms with Gasteiger partial charge in [0, 0.05) is 24.7 Å². The van der Waals surface area contributed by atoms with Gasteiger partial charge in [0.05, 0.1) is 0 Å². The molecule has 1 heterocycles. The van der Waals surface area contributed by atoms with Crippen molar-refractivity contribution in [3.8, 4) is 11.4 Å². The first-order valence-electron chi connectivity index (χ1n) is 8.72. The molecule has 128 valence electrons. The van der Waals surface area contributed by atoms with Gasteiger partial charge in [-0.25, -0.2) is 9.97 Å². The minimum atomic E-state index is 0.730. The Kier molecular flexibility index (Phi) is 5.62. The third kappa shape index (κ3) is 4.80. The number of rotatable bonds is 7. The predicted molar refractivity (Wildman–Crippen MR) is 105 cm³/mol. The van der Waals surface area contributed by atoms with Crippen LogP contribution in [0, 0.1) is 6.92 Å². The second-order valence-corrected chi connectivity index (χ2v) is 6.09. The molecule has 0 aliphatic heterocycles. The van der Waals surface area contributed by atoms with Gasteiger partial charge < -0.3 is 10.6 Å². The molecule has 4 nitrogen and oxygen atoms in total. The molecular formula is C21H24N4. The van der Waals surface area contributed by atoms with Crippen LogP contribution in [0.15, 0.2) is 60.7 Å². The SMILES string of the molecule is CCCNc1cc(NCc2ccc(C)cc2)nc(-c2ccccc2)n1. The zero-order valence-corrected chi connectivity index (χ0v) is 14.8. The van der Waals surface area contributed by atoms with Gasteiger partial charge in [-0.1, -0.05) is 67.1 Å². The molecule has 0 radical (unpaired) electrons. The normalized spacial score (nSPS) is 10.5. The standard InChI is InChI=1S/C21H24N4/c1-3-13-22-19-14-20(23-15-17-11-9-16(2)10-12-17)25-21(24-19)18-7-5-4-6-8-18/h4-12,14H,3,13,15H2,1-2H3,(H2,22,23,24,25). The Morgan fingerprint density at radius 1 is 0.840 bits per heavy atom. The van der Waals surface area contributed by atoms with Crippen molar-refractivity contribution < 1.29 is 0 Å². The summed E-state index contributed by atoms with van der Waals surface area (Å²) in [5.74, 6) is 2.41. The number of anilines is 2. The van der Waals surface area contributed by atoms with Crippen LogP contribution < -0.4 is 10.6 Å². The molecule has 0 unspecified atom stereocenters. The van der Waals surface area contributed by atoms with Gasteiger partial charge in [0.2, 0.25) is 0 Å². The van der Waals surface area contributed by atoms with E-state index >= 15 is 0 Å². The first-order chi connectivity index (χ1) is 12.2. The van der Waals surface area contributed by atoms with Crippen LogP contribution in [0.5, 0.6) is 0 Å². The van der Waals surface area contributed by atoms with Gasteiger partial charge in [0.1, 0.15) is 11.6 Å². The largest absolute Gasteiger partial charge is 0.370 e. The molecule has 0 amide bonds. The van der Waals surface area contributed by atoms with E-state index in [4.69, 9.17) is 0 Å². The maximum Gasteiger partial charge on any atom is 0.163 e. The second kappa shape index (κ2) is 8.29. The van der Waals surface area contributed by atoms with Gasteiger partial charge in [0.15, 0.2) is 5.82 Å². The number of aryl methyl sites for hydroxylation is 1. The van der Waals surface area contributed by atoms with Gasteiger partial charge in [-0.15, -0.1) is 0 Å². The van der Waals surface area contributed by atoms with Crippen LogP contribution in [-0.4, -0.2) is 16.5 Å². The van der Waals surface area contributed by atoms with Gasteiger partial charge in [-0.3, -0.25) is 0 Å². The minimum Gasteiger partial charge on any atom is -0.370 e. The van der Waals surface area contributed by atoms with Crippen molar-refractivity contribution in [3.05, 3.63) is 71.8 Å². The second-order valence-electron chi connectivity index (χ2n) is 6.09. The molecular weight excluding hydrogens is 308 g/mol. The van der Waals surface area contributed by atoms with E-state index < -0.39 is 0 Å². The van der Waals surface area contributed by atoms with Gasteiger partial charge in [-0.2, -0.15) is 0 Å². The molecule has 0 saturated heterocycles. The maximum atomic E-state index is 4.68. The summed E-state index contributed by atoms with van der Waals surface area (Å²) < 4.78 is 0. The summed E-state index contributed by atoms with van der Waals surface area (Å²) in [6.45, 7) is 5.86. The van der Waals surface area contributed by atoms with Crippen LogP contribution >= 0.6 is 0 Å². The monoisotopic (exact) mass is 332 g/mol. The third-order valence-electron chi connectivity index (χ3n) is 3.91. The lowest BCUT2D eigenvalue weighted by atomic mass is 10.1. The zero-order valence-electron chi connectivity index (χ0n) is 14.8. The lowest BCUT2D eigenvalue weighted by Crippen LogP contribution is -2.07. The molecule has 4 heteroatoms. The topological polar surface area (TPSA) is 49.8 Å². The molecule has 3 rings (SSSR count). The van der Waals surface area contributed by atoms with E-state index in [-0.39, 0.29) is 0 Å². The molecule has 3 aromatic rings. The summed E-state index contributed by atoms with van der Waals surface area (Å²) in [6.07, 6.45) is 1.05. The molecule has 25 heavy (non-hydrogen) atoms. The summed E-state index contributed by atoms with van der Waals surface area (Å²) in [5.41, 5.74) is 3.51. The molecule has 0 atom stereocenters. The number of nitrogens with one attached hydrogen (secondary N) is 2. The van der Waals surface area contributed by atoms with Crippen LogP contribution in [0.1, 0.15) is 24.5 Å². The average Bonchev–Trinajstić information content (AvgIpc) is 2.66. The highest BCUT2D eigenvalue weighted by Gasteiger charge is 2.07. The highest BCUT2D eigenvalue weighted by molar-refractivity contribution is 5.61. The van der Waals surface area contributed by atoms with Crippen LogP contribution in [0.4, 0.5) is 11.6 Å². The van der Waals surface area contributed by atoms with Crippen LogP contribution in [0.25, 0.3) is 11.4 Å². The third-order valence-corrected chi connectivity index (χ3v) is 3.91. The average molecular weight is 332 g/mol. The Labute approximate surface area is 149 Å². The molecule has 0 aliphatic carbocycles. The van der Waals surface area contributed by atoms with E-state index in [1.54, 1.807) is 0 Å². The van der Waals surface area contributed by atoms with E-state index in [1.165, 1.54) is 11.1 Å². The summed E-state index contributed by atoms with van der Waals surface area (Å²) in [4.78, 5) is 9.33. The summed E-state index contributed by atoms with van der Waals surface area (Å²) in [7, 11) is 0. The highest BCUT2D eigenvalue weighted by atomic mass is 15.1. The quantitative estimate of drug-likeness (QED) is 0.647. The maximum absolute atomic E-state index is 4.68. The van der Waals surface area contributed by atoms with E-state index in [0.29, 0.717) is 0 Å². The molecule has 2 N–H and O–H groups in total. The van der Waals surface area contributed by atoms with Crippen LogP contribution in [0.3, 0.4) is 0 Å². The Morgan fingerprint density at radius 2 is 1.52 bits per heavy atom. The predicted octanol–water partition coefficient (Wildman–Crippen LogP) is 4.89. The van der Waals surface area contributed by atoms with Crippen molar-refractivity contribution in [2.75, 3.05) is 17.2 Å². The zero-order chi connectivity index (χ0) is 17.5. The molecule has 0 fully saturated rings. The lowest BCUT2D eigenvalue weighted by Gasteiger charge is -2.11. The Hall–Kier alpha value is -2.88. The van der Waals surface area contributed by atoms with Gasteiger partial charge >= 0.3 is 0 Å². The molecule has 0 spiro atoms. The molecule has 0 saturated carbocycles. The highest BCUT2D eigenvalue weighted by Crippen LogP contribution is 2.20. The van der Waals surface area contributed by atoms with Crippen molar-refractivity contribution >= 4 is 11.6 Å². The van der Waals surface area contributed by atoms with Crippen molar-refractivity contribution in [2.45, 2.75) is 26.8 Å². The number of benzene rings is 2. The van der Waals surface area contributed by atoms with Crippen molar-refractivity contribution in [2.24, 2.45) is 0 Å². The molecule has 0 bridgehead atoms. The number of nitrogens with zero attached hydrogens (tertiary/aromatic N) is 2. The van der Waals surface area contributed by atoms with Crippen molar-refractivity contribution in [3.63, 3.8) is 0 Å². The number of aromatic nitrogens is 2. The van der Waals surface area contributed by atoms with Gasteiger partial charge in [-0.05, 0) is 18.9 Å². The number of hydrogen-bond donors (Lipinski definition) is 2. The van der Waals surface area contributed by atoms with Gasteiger partial charge in [0.25, 0.3) is 0 Å². The number of hydrogen-bond acceptors (Lipinski definition) is 4. The van der Waals surface area contributed by atoms with E-state index in [1.807, 2.05) is 36.4 Å². The molecule has 1 aromatic heterocycles. The summed E-state index contributed by atoms with van der Waals surface area (Å²) in [5, 5.41) is 6.78. The molecule has 2 aromatic carbocycles. The van der Waals surface area contributed by atoms with E-state index in [2.05, 4.69) is 58.7 Å². The lowest BCUT2D eigenvalue weighted by molar-refractivity contribution is 0.964. The first-order valence-corrected chi connectivity index (χ1v) is 8.72. The minimum absolute atomic E-state index is 0.730. The Bertz CT molecular complexity index is 798. The fraction of sp³-hybridized carbons (Fsp3) is 0.238. The fourth-order valence-electron chi connectivity index (χ4n) is 2.50. The first kappa shape index (κ1) is 17.0. The smallest absolute Gasteiger partial charge is 0.163 e. The van der Waals surface area contributed by atoms with Crippen molar-refractivity contribution in [1.82, 2.24) is 9.97 Å². The van der Waals surface area contributed by atoms with Crippen molar-refractivity contribution in [1.29, 1.82) is 0 Å².